The van der Waals surface area contributed by atoms with Gasteiger partial charge in [-0.3, -0.25) is 0 Å². The van der Waals surface area contributed by atoms with Crippen LogP contribution in [0, 0.1) is 0 Å². The van der Waals surface area contributed by atoms with E-state index in [1.165, 1.54) is 5.56 Å². The average Bonchev–Trinajstić information content (AvgIpc) is 2.53. The first-order chi connectivity index (χ1) is 9.76. The monoisotopic (exact) mass is 272 g/mol. The quantitative estimate of drug-likeness (QED) is 0.876. The fourth-order valence-electron chi connectivity index (χ4n) is 1.96. The second-order valence-corrected chi connectivity index (χ2v) is 4.60. The van der Waals surface area contributed by atoms with Crippen LogP contribution in [0.15, 0.2) is 42.5 Å². The highest BCUT2D eigenvalue weighted by atomic mass is 16.5. The molecule has 2 aromatic rings. The minimum absolute atomic E-state index is 0.00838. The molecule has 0 bridgehead atoms. The summed E-state index contributed by atoms with van der Waals surface area (Å²) in [5, 5.41) is 9.17. The summed E-state index contributed by atoms with van der Waals surface area (Å²) in [6.07, 6.45) is 1.04. The van der Waals surface area contributed by atoms with Gasteiger partial charge in [-0.1, -0.05) is 37.3 Å². The van der Waals surface area contributed by atoms with Gasteiger partial charge in [-0.25, -0.2) is 0 Å². The van der Waals surface area contributed by atoms with E-state index in [9.17, 15) is 5.11 Å². The number of aliphatic hydroxyl groups is 1. The van der Waals surface area contributed by atoms with Crippen LogP contribution in [0.4, 0.5) is 0 Å². The maximum atomic E-state index is 9.17. The zero-order chi connectivity index (χ0) is 14.4. The van der Waals surface area contributed by atoms with Crippen LogP contribution in [0.3, 0.4) is 0 Å². The fraction of sp³-hybridized carbons (Fsp3) is 0.294. The molecule has 1 N–H and O–H groups in total. The van der Waals surface area contributed by atoms with E-state index in [1.54, 1.807) is 19.2 Å². The second-order valence-electron chi connectivity index (χ2n) is 4.60. The standard InChI is InChI=1S/C17H20O3/c1-3-13-4-6-14(7-5-13)12-20-17-10-15(11-18)8-9-16(17)19-2/h4-10,18H,3,11-12H2,1-2H3. The molecule has 20 heavy (non-hydrogen) atoms. The summed E-state index contributed by atoms with van der Waals surface area (Å²) in [5.41, 5.74) is 3.23. The first-order valence-electron chi connectivity index (χ1n) is 6.75. The molecular formula is C17H20O3. The molecule has 0 aromatic heterocycles. The summed E-state index contributed by atoms with van der Waals surface area (Å²) >= 11 is 0. The van der Waals surface area contributed by atoms with Gasteiger partial charge in [-0.2, -0.15) is 0 Å². The second kappa shape index (κ2) is 6.96. The van der Waals surface area contributed by atoms with E-state index >= 15 is 0 Å². The molecule has 0 unspecified atom stereocenters. The van der Waals surface area contributed by atoms with Crippen molar-refractivity contribution in [3.63, 3.8) is 0 Å². The molecule has 106 valence electrons. The molecule has 0 saturated heterocycles. The van der Waals surface area contributed by atoms with Gasteiger partial charge < -0.3 is 14.6 Å². The normalized spacial score (nSPS) is 10.3. The Morgan fingerprint density at radius 3 is 2.15 bits per heavy atom. The molecule has 0 amide bonds. The first kappa shape index (κ1) is 14.4. The Labute approximate surface area is 119 Å². The zero-order valence-corrected chi connectivity index (χ0v) is 11.9. The predicted molar refractivity (Wildman–Crippen MR) is 79.1 cm³/mol. The largest absolute Gasteiger partial charge is 0.493 e. The van der Waals surface area contributed by atoms with Gasteiger partial charge in [-0.05, 0) is 35.2 Å². The Morgan fingerprint density at radius 1 is 0.900 bits per heavy atom. The van der Waals surface area contributed by atoms with E-state index in [-0.39, 0.29) is 6.61 Å². The van der Waals surface area contributed by atoms with Gasteiger partial charge in [0.1, 0.15) is 6.61 Å². The van der Waals surface area contributed by atoms with Gasteiger partial charge in [0, 0.05) is 0 Å². The van der Waals surface area contributed by atoms with Crippen molar-refractivity contribution >= 4 is 0 Å². The number of ether oxygens (including phenoxy) is 2. The average molecular weight is 272 g/mol. The molecule has 0 saturated carbocycles. The molecule has 0 atom stereocenters. The lowest BCUT2D eigenvalue weighted by Gasteiger charge is -2.12. The Morgan fingerprint density at radius 2 is 1.55 bits per heavy atom. The zero-order valence-electron chi connectivity index (χ0n) is 11.9. The lowest BCUT2D eigenvalue weighted by molar-refractivity contribution is 0.271. The van der Waals surface area contributed by atoms with Gasteiger partial charge in [0.15, 0.2) is 11.5 Å². The Bertz CT molecular complexity index is 547. The maximum Gasteiger partial charge on any atom is 0.162 e. The molecule has 0 fully saturated rings. The number of hydrogen-bond donors (Lipinski definition) is 1. The van der Waals surface area contributed by atoms with E-state index in [1.807, 2.05) is 6.07 Å². The van der Waals surface area contributed by atoms with E-state index in [2.05, 4.69) is 31.2 Å². The number of methoxy groups -OCH3 is 1. The number of aliphatic hydroxyl groups excluding tert-OH is 1. The van der Waals surface area contributed by atoms with Gasteiger partial charge in [-0.15, -0.1) is 0 Å². The van der Waals surface area contributed by atoms with Crippen LogP contribution >= 0.6 is 0 Å². The highest BCUT2D eigenvalue weighted by Crippen LogP contribution is 2.28. The highest BCUT2D eigenvalue weighted by molar-refractivity contribution is 5.43. The van der Waals surface area contributed by atoms with Crippen LogP contribution in [0.25, 0.3) is 0 Å². The van der Waals surface area contributed by atoms with Crippen LogP contribution in [-0.2, 0) is 19.6 Å². The molecule has 2 aromatic carbocycles. The molecule has 0 aliphatic rings. The molecule has 3 nitrogen and oxygen atoms in total. The minimum Gasteiger partial charge on any atom is -0.493 e. The van der Waals surface area contributed by atoms with Gasteiger partial charge in [0.2, 0.25) is 0 Å². The van der Waals surface area contributed by atoms with Crippen molar-refractivity contribution in [3.8, 4) is 11.5 Å². The molecule has 0 spiro atoms. The highest BCUT2D eigenvalue weighted by Gasteiger charge is 2.06. The number of hydrogen-bond acceptors (Lipinski definition) is 3. The fourth-order valence-corrected chi connectivity index (χ4v) is 1.96. The van der Waals surface area contributed by atoms with Crippen LogP contribution in [0.2, 0.25) is 0 Å². The topological polar surface area (TPSA) is 38.7 Å². The molecule has 0 aliphatic carbocycles. The number of rotatable bonds is 6. The Balaban J connectivity index is 2.08. The maximum absolute atomic E-state index is 9.17. The SMILES string of the molecule is CCc1ccc(COc2cc(CO)ccc2OC)cc1. The van der Waals surface area contributed by atoms with Crippen molar-refractivity contribution < 1.29 is 14.6 Å². The third kappa shape index (κ3) is 3.52. The van der Waals surface area contributed by atoms with E-state index in [4.69, 9.17) is 9.47 Å². The summed E-state index contributed by atoms with van der Waals surface area (Å²) in [6, 6.07) is 13.8. The first-order valence-corrected chi connectivity index (χ1v) is 6.75. The summed E-state index contributed by atoms with van der Waals surface area (Å²) < 4.78 is 11.1. The third-order valence-corrected chi connectivity index (χ3v) is 3.24. The minimum atomic E-state index is -0.00838. The van der Waals surface area contributed by atoms with Crippen LogP contribution in [-0.4, -0.2) is 12.2 Å². The molecule has 3 heteroatoms. The third-order valence-electron chi connectivity index (χ3n) is 3.24. The lowest BCUT2D eigenvalue weighted by Crippen LogP contribution is -1.99. The Kier molecular flexibility index (Phi) is 5.02. The van der Waals surface area contributed by atoms with Crippen molar-refractivity contribution in [2.45, 2.75) is 26.6 Å². The number of aryl methyl sites for hydroxylation is 1. The Hall–Kier alpha value is -2.00. The van der Waals surface area contributed by atoms with Crippen molar-refractivity contribution in [3.05, 3.63) is 59.2 Å². The van der Waals surface area contributed by atoms with Crippen LogP contribution < -0.4 is 9.47 Å². The van der Waals surface area contributed by atoms with E-state index < -0.39 is 0 Å². The summed E-state index contributed by atoms with van der Waals surface area (Å²) in [7, 11) is 1.61. The van der Waals surface area contributed by atoms with Gasteiger partial charge >= 0.3 is 0 Å². The smallest absolute Gasteiger partial charge is 0.162 e. The van der Waals surface area contributed by atoms with Crippen LogP contribution in [0.5, 0.6) is 11.5 Å². The number of benzene rings is 2. The van der Waals surface area contributed by atoms with E-state index in [0.717, 1.165) is 17.5 Å². The van der Waals surface area contributed by atoms with Crippen molar-refractivity contribution in [1.29, 1.82) is 0 Å². The predicted octanol–water partition coefficient (Wildman–Crippen LogP) is 3.33. The van der Waals surface area contributed by atoms with Gasteiger partial charge in [0.25, 0.3) is 0 Å². The van der Waals surface area contributed by atoms with Crippen molar-refractivity contribution in [1.82, 2.24) is 0 Å². The van der Waals surface area contributed by atoms with Gasteiger partial charge in [0.05, 0.1) is 13.7 Å². The molecule has 0 aliphatic heterocycles. The molecule has 0 heterocycles. The lowest BCUT2D eigenvalue weighted by atomic mass is 10.1. The van der Waals surface area contributed by atoms with Crippen molar-refractivity contribution in [2.75, 3.05) is 7.11 Å². The van der Waals surface area contributed by atoms with Crippen LogP contribution in [0.1, 0.15) is 23.6 Å². The summed E-state index contributed by atoms with van der Waals surface area (Å²) in [5.74, 6) is 1.32. The van der Waals surface area contributed by atoms with E-state index in [0.29, 0.717) is 18.1 Å². The molecule has 0 radical (unpaired) electrons. The van der Waals surface area contributed by atoms with Crippen molar-refractivity contribution in [2.24, 2.45) is 0 Å². The molecule has 2 rings (SSSR count). The summed E-state index contributed by atoms with van der Waals surface area (Å²) in [6.45, 7) is 2.61. The molecular weight excluding hydrogens is 252 g/mol. The summed E-state index contributed by atoms with van der Waals surface area (Å²) in [4.78, 5) is 0.